The lowest BCUT2D eigenvalue weighted by Crippen LogP contribution is -2.44. The van der Waals surface area contributed by atoms with Gasteiger partial charge in [0.15, 0.2) is 0 Å². The van der Waals surface area contributed by atoms with Gasteiger partial charge in [0, 0.05) is 28.5 Å². The van der Waals surface area contributed by atoms with E-state index in [2.05, 4.69) is 38.0 Å². The molecule has 0 spiro atoms. The van der Waals surface area contributed by atoms with Gasteiger partial charge in [0.25, 0.3) is 0 Å². The third-order valence-corrected chi connectivity index (χ3v) is 6.33. The van der Waals surface area contributed by atoms with Gasteiger partial charge in [-0.3, -0.25) is 0 Å². The Morgan fingerprint density at radius 1 is 1.23 bits per heavy atom. The van der Waals surface area contributed by atoms with Crippen molar-refractivity contribution in [1.29, 1.82) is 0 Å². The minimum absolute atomic E-state index is 0.0363. The molecule has 7 heteroatoms. The summed E-state index contributed by atoms with van der Waals surface area (Å²) in [5.41, 5.74) is 3.68. The number of carbonyl (C=O) groups excluding carboxylic acids is 1. The normalized spacial score (nSPS) is 19.8. The largest absolute Gasteiger partial charge is 0.444 e. The second-order valence-electron chi connectivity index (χ2n) is 8.74. The Bertz CT molecular complexity index is 1080. The summed E-state index contributed by atoms with van der Waals surface area (Å²) in [5, 5.41) is 0.694. The number of aromatic amines is 1. The third-order valence-electron chi connectivity index (χ3n) is 5.51. The summed E-state index contributed by atoms with van der Waals surface area (Å²) >= 11 is 10.2. The number of benzene rings is 2. The molecule has 0 saturated carbocycles. The number of hydrogen-bond donors (Lipinski definition) is 1. The minimum atomic E-state index is -0.528. The monoisotopic (exact) mass is 489 g/mol. The smallest absolute Gasteiger partial charge is 0.410 e. The Kier molecular flexibility index (Phi) is 5.82. The maximum absolute atomic E-state index is 12.8. The fourth-order valence-corrected chi connectivity index (χ4v) is 5.03. The number of hydrogen-bond acceptors (Lipinski definition) is 3. The van der Waals surface area contributed by atoms with Crippen LogP contribution in [0.1, 0.15) is 50.2 Å². The van der Waals surface area contributed by atoms with Crippen molar-refractivity contribution < 1.29 is 9.53 Å². The van der Waals surface area contributed by atoms with Gasteiger partial charge in [0.1, 0.15) is 5.60 Å². The molecule has 4 rings (SSSR count). The molecule has 5 nitrogen and oxygen atoms in total. The molecule has 0 aliphatic carbocycles. The summed E-state index contributed by atoms with van der Waals surface area (Å²) in [4.78, 5) is 22.3. The number of aromatic nitrogens is 2. The zero-order chi connectivity index (χ0) is 21.5. The Morgan fingerprint density at radius 2 is 2.03 bits per heavy atom. The van der Waals surface area contributed by atoms with Crippen LogP contribution in [0.25, 0.3) is 11.0 Å². The highest BCUT2D eigenvalue weighted by molar-refractivity contribution is 9.10. The van der Waals surface area contributed by atoms with E-state index >= 15 is 0 Å². The quantitative estimate of drug-likeness (QED) is 0.447. The number of amides is 1. The van der Waals surface area contributed by atoms with Crippen molar-refractivity contribution in [3.63, 3.8) is 0 Å². The number of para-hydroxylation sites is 1. The first kappa shape index (κ1) is 21.2. The van der Waals surface area contributed by atoms with Crippen LogP contribution in [-0.4, -0.2) is 39.7 Å². The molecule has 1 amide bonds. The molecule has 3 aromatic rings. The highest BCUT2D eigenvalue weighted by Gasteiger charge is 2.37. The molecule has 2 heterocycles. The summed E-state index contributed by atoms with van der Waals surface area (Å²) in [7, 11) is 0. The van der Waals surface area contributed by atoms with Crippen LogP contribution in [0.2, 0.25) is 5.02 Å². The molecule has 0 bridgehead atoms. The van der Waals surface area contributed by atoms with E-state index in [-0.39, 0.29) is 17.9 Å². The van der Waals surface area contributed by atoms with Gasteiger partial charge in [-0.1, -0.05) is 45.7 Å². The molecule has 1 aromatic heterocycles. The molecule has 1 aliphatic heterocycles. The number of nitrogens with one attached hydrogen (secondary N) is 1. The fourth-order valence-electron chi connectivity index (χ4n) is 4.22. The molecule has 2 atom stereocenters. The summed E-state index contributed by atoms with van der Waals surface area (Å²) in [6, 6.07) is 12.2. The molecule has 30 heavy (non-hydrogen) atoms. The minimum Gasteiger partial charge on any atom is -0.444 e. The van der Waals surface area contributed by atoms with Crippen LogP contribution in [0, 0.1) is 0 Å². The van der Waals surface area contributed by atoms with Gasteiger partial charge in [-0.05, 0) is 62.4 Å². The van der Waals surface area contributed by atoms with Crippen LogP contribution >= 0.6 is 27.5 Å². The highest BCUT2D eigenvalue weighted by Crippen LogP contribution is 2.44. The van der Waals surface area contributed by atoms with Crippen molar-refractivity contribution in [2.75, 3.05) is 13.1 Å². The predicted octanol–water partition coefficient (Wildman–Crippen LogP) is 6.49. The van der Waals surface area contributed by atoms with Gasteiger partial charge >= 0.3 is 6.09 Å². The molecular formula is C23H25BrClN3O2. The number of ether oxygens (including phenoxy) is 1. The third kappa shape index (κ3) is 4.35. The lowest BCUT2D eigenvalue weighted by atomic mass is 9.76. The van der Waals surface area contributed by atoms with Crippen LogP contribution in [0.15, 0.2) is 47.2 Å². The van der Waals surface area contributed by atoms with Gasteiger partial charge in [0.05, 0.1) is 17.4 Å². The van der Waals surface area contributed by atoms with Crippen LogP contribution in [0.5, 0.6) is 0 Å². The van der Waals surface area contributed by atoms with Crippen molar-refractivity contribution in [1.82, 2.24) is 14.9 Å². The Hall–Kier alpha value is -2.05. The zero-order valence-electron chi connectivity index (χ0n) is 17.3. The van der Waals surface area contributed by atoms with Gasteiger partial charge < -0.3 is 14.6 Å². The SMILES string of the molecule is CC(C)(C)OC(=O)N1CC[C@@H](c2cccc3[nH]cnc23)[C@H](c2ccc(Br)cc2Cl)C1. The van der Waals surface area contributed by atoms with Crippen molar-refractivity contribution >= 4 is 44.7 Å². The lowest BCUT2D eigenvalue weighted by Gasteiger charge is -2.40. The Labute approximate surface area is 189 Å². The predicted molar refractivity (Wildman–Crippen MR) is 123 cm³/mol. The van der Waals surface area contributed by atoms with E-state index in [0.717, 1.165) is 27.5 Å². The summed E-state index contributed by atoms with van der Waals surface area (Å²) in [6.07, 6.45) is 2.26. The summed E-state index contributed by atoms with van der Waals surface area (Å²) in [5.74, 6) is 0.225. The van der Waals surface area contributed by atoms with Crippen LogP contribution in [0.4, 0.5) is 4.79 Å². The topological polar surface area (TPSA) is 58.2 Å². The van der Waals surface area contributed by atoms with Gasteiger partial charge in [-0.25, -0.2) is 9.78 Å². The number of nitrogens with zero attached hydrogens (tertiary/aromatic N) is 2. The molecule has 1 saturated heterocycles. The van der Waals surface area contributed by atoms with Crippen molar-refractivity contribution in [3.05, 3.63) is 63.3 Å². The van der Waals surface area contributed by atoms with Crippen LogP contribution < -0.4 is 0 Å². The van der Waals surface area contributed by atoms with Gasteiger partial charge in [0.2, 0.25) is 0 Å². The maximum atomic E-state index is 12.8. The van der Waals surface area contributed by atoms with Crippen molar-refractivity contribution in [3.8, 4) is 0 Å². The van der Waals surface area contributed by atoms with E-state index < -0.39 is 5.60 Å². The highest BCUT2D eigenvalue weighted by atomic mass is 79.9. The van der Waals surface area contributed by atoms with Crippen molar-refractivity contribution in [2.45, 2.75) is 44.6 Å². The van der Waals surface area contributed by atoms with Gasteiger partial charge in [-0.2, -0.15) is 0 Å². The van der Waals surface area contributed by atoms with E-state index in [1.807, 2.05) is 45.0 Å². The number of imidazole rings is 1. The van der Waals surface area contributed by atoms with Gasteiger partial charge in [-0.15, -0.1) is 0 Å². The van der Waals surface area contributed by atoms with E-state index in [1.165, 1.54) is 5.56 Å². The first-order valence-corrected chi connectivity index (χ1v) is 11.2. The number of likely N-dealkylation sites (tertiary alicyclic amines) is 1. The second kappa shape index (κ2) is 8.23. The number of H-pyrrole nitrogens is 1. The average Bonchev–Trinajstić information content (AvgIpc) is 3.15. The van der Waals surface area contributed by atoms with E-state index in [0.29, 0.717) is 18.1 Å². The maximum Gasteiger partial charge on any atom is 0.410 e. The number of carbonyl (C=O) groups is 1. The zero-order valence-corrected chi connectivity index (χ0v) is 19.6. The molecule has 1 fully saturated rings. The number of halogens is 2. The fraction of sp³-hybridized carbons (Fsp3) is 0.391. The summed E-state index contributed by atoms with van der Waals surface area (Å²) in [6.45, 7) is 6.84. The lowest BCUT2D eigenvalue weighted by molar-refractivity contribution is 0.0184. The Morgan fingerprint density at radius 3 is 2.77 bits per heavy atom. The Balaban J connectivity index is 1.73. The van der Waals surface area contributed by atoms with E-state index in [1.54, 1.807) is 11.2 Å². The molecule has 2 aromatic carbocycles. The molecular weight excluding hydrogens is 466 g/mol. The second-order valence-corrected chi connectivity index (χ2v) is 10.1. The van der Waals surface area contributed by atoms with E-state index in [4.69, 9.17) is 16.3 Å². The molecule has 1 aliphatic rings. The first-order chi connectivity index (χ1) is 14.2. The number of piperidine rings is 1. The molecule has 0 unspecified atom stereocenters. The molecule has 1 N–H and O–H groups in total. The summed E-state index contributed by atoms with van der Waals surface area (Å²) < 4.78 is 6.57. The van der Waals surface area contributed by atoms with Crippen molar-refractivity contribution in [2.24, 2.45) is 0 Å². The molecule has 0 radical (unpaired) electrons. The van der Waals surface area contributed by atoms with E-state index in [9.17, 15) is 4.79 Å². The van der Waals surface area contributed by atoms with Crippen LogP contribution in [-0.2, 0) is 4.74 Å². The standard InChI is InChI=1S/C23H25BrClN3O2/c1-23(2,3)30-22(29)28-10-9-15(17-5-4-6-20-21(17)27-13-26-20)18(12-28)16-8-7-14(24)11-19(16)25/h4-8,11,13,15,18H,9-10,12H2,1-3H3,(H,26,27)/t15-,18+/m0/s1. The molecule has 158 valence electrons. The average molecular weight is 491 g/mol. The van der Waals surface area contributed by atoms with Crippen LogP contribution in [0.3, 0.4) is 0 Å². The first-order valence-electron chi connectivity index (χ1n) is 10.1. The number of rotatable bonds is 2. The number of fused-ring (bicyclic) bond motifs is 1.